The number of hydrogen-bond acceptors (Lipinski definition) is 3. The first kappa shape index (κ1) is 14.5. The van der Waals surface area contributed by atoms with Gasteiger partial charge in [0.2, 0.25) is 0 Å². The zero-order valence-corrected chi connectivity index (χ0v) is 11.1. The van der Waals surface area contributed by atoms with E-state index in [4.69, 9.17) is 4.74 Å². The van der Waals surface area contributed by atoms with Crippen molar-refractivity contribution < 1.29 is 9.53 Å². The van der Waals surface area contributed by atoms with E-state index in [9.17, 15) is 4.79 Å². The number of carbonyl (C=O) groups is 1. The molecule has 0 radical (unpaired) electrons. The summed E-state index contributed by atoms with van der Waals surface area (Å²) in [5.74, 6) is -0.226. The van der Waals surface area contributed by atoms with E-state index >= 15 is 0 Å². The lowest BCUT2D eigenvalue weighted by molar-refractivity contribution is -0.148. The normalized spacial score (nSPS) is 13.7. The Balaban J connectivity index is 2.94. The number of benzene rings is 1. The van der Waals surface area contributed by atoms with Gasteiger partial charge in [0.05, 0.1) is 7.11 Å². The Morgan fingerprint density at radius 1 is 1.44 bits per heavy atom. The third kappa shape index (κ3) is 3.44. The average molecular weight is 247 g/mol. The summed E-state index contributed by atoms with van der Waals surface area (Å²) in [6.45, 7) is 6.24. The fourth-order valence-electron chi connectivity index (χ4n) is 2.01. The van der Waals surface area contributed by atoms with Crippen LogP contribution < -0.4 is 5.32 Å². The van der Waals surface area contributed by atoms with Crippen LogP contribution in [0.3, 0.4) is 0 Å². The summed E-state index contributed by atoms with van der Waals surface area (Å²) >= 11 is 0. The van der Waals surface area contributed by atoms with Crippen molar-refractivity contribution in [3.8, 4) is 0 Å². The van der Waals surface area contributed by atoms with Crippen molar-refractivity contribution in [3.05, 3.63) is 48.6 Å². The molecule has 0 aliphatic carbocycles. The number of hydrogen-bond donors (Lipinski definition) is 1. The Morgan fingerprint density at radius 2 is 2.11 bits per heavy atom. The summed E-state index contributed by atoms with van der Waals surface area (Å²) in [6.07, 6.45) is 3.03. The van der Waals surface area contributed by atoms with E-state index in [1.165, 1.54) is 7.11 Å². The molecule has 0 aliphatic heterocycles. The third-order valence-electron chi connectivity index (χ3n) is 3.11. The molecular weight excluding hydrogens is 226 g/mol. The van der Waals surface area contributed by atoms with Gasteiger partial charge in [0, 0.05) is 13.0 Å². The third-order valence-corrected chi connectivity index (χ3v) is 3.11. The van der Waals surface area contributed by atoms with Gasteiger partial charge in [-0.1, -0.05) is 43.3 Å². The van der Waals surface area contributed by atoms with Crippen molar-refractivity contribution >= 4 is 5.97 Å². The second-order valence-electron chi connectivity index (χ2n) is 4.26. The number of nitrogens with one attached hydrogen (secondary N) is 1. The highest BCUT2D eigenvalue weighted by atomic mass is 16.5. The molecule has 1 N–H and O–H groups in total. The Kier molecular flexibility index (Phi) is 5.59. The van der Waals surface area contributed by atoms with Crippen molar-refractivity contribution in [2.45, 2.75) is 25.3 Å². The van der Waals surface area contributed by atoms with Gasteiger partial charge >= 0.3 is 5.97 Å². The molecule has 1 unspecified atom stereocenters. The van der Waals surface area contributed by atoms with Gasteiger partial charge in [0.15, 0.2) is 0 Å². The molecule has 1 atom stereocenters. The SMILES string of the molecule is C=CCNC(CC)(Cc1ccccc1)C(=O)OC. The van der Waals surface area contributed by atoms with Crippen LogP contribution in [-0.4, -0.2) is 25.2 Å². The van der Waals surface area contributed by atoms with Crippen LogP contribution in [-0.2, 0) is 16.0 Å². The van der Waals surface area contributed by atoms with Gasteiger partial charge in [-0.3, -0.25) is 10.1 Å². The first-order valence-corrected chi connectivity index (χ1v) is 6.16. The molecule has 1 aromatic rings. The van der Waals surface area contributed by atoms with Crippen LogP contribution in [0, 0.1) is 0 Å². The molecule has 98 valence electrons. The van der Waals surface area contributed by atoms with Crippen molar-refractivity contribution in [3.63, 3.8) is 0 Å². The molecule has 0 aromatic heterocycles. The first-order chi connectivity index (χ1) is 8.68. The fraction of sp³-hybridized carbons (Fsp3) is 0.400. The molecule has 0 amide bonds. The van der Waals surface area contributed by atoms with Gasteiger partial charge in [-0.05, 0) is 12.0 Å². The second-order valence-corrected chi connectivity index (χ2v) is 4.26. The van der Waals surface area contributed by atoms with Gasteiger partial charge in [-0.2, -0.15) is 0 Å². The van der Waals surface area contributed by atoms with E-state index in [1.807, 2.05) is 37.3 Å². The van der Waals surface area contributed by atoms with Crippen LogP contribution in [0.25, 0.3) is 0 Å². The number of carbonyl (C=O) groups excluding carboxylic acids is 1. The van der Waals surface area contributed by atoms with Crippen molar-refractivity contribution in [2.24, 2.45) is 0 Å². The molecule has 0 saturated heterocycles. The molecule has 0 spiro atoms. The molecule has 1 aromatic carbocycles. The van der Waals surface area contributed by atoms with Crippen LogP contribution >= 0.6 is 0 Å². The van der Waals surface area contributed by atoms with Crippen LogP contribution in [0.4, 0.5) is 0 Å². The fourth-order valence-corrected chi connectivity index (χ4v) is 2.01. The standard InChI is InChI=1S/C15H21NO2/c1-4-11-16-15(5-2,14(17)18-3)12-13-9-7-6-8-10-13/h4,6-10,16H,1,5,11-12H2,2-3H3. The molecule has 18 heavy (non-hydrogen) atoms. The summed E-state index contributed by atoms with van der Waals surface area (Å²) in [4.78, 5) is 12.1. The maximum Gasteiger partial charge on any atom is 0.326 e. The summed E-state index contributed by atoms with van der Waals surface area (Å²) in [7, 11) is 1.42. The predicted molar refractivity (Wildman–Crippen MR) is 73.4 cm³/mol. The monoisotopic (exact) mass is 247 g/mol. The number of rotatable bonds is 7. The smallest absolute Gasteiger partial charge is 0.326 e. The van der Waals surface area contributed by atoms with Crippen LogP contribution in [0.1, 0.15) is 18.9 Å². The Hall–Kier alpha value is -1.61. The molecule has 0 fully saturated rings. The lowest BCUT2D eigenvalue weighted by Crippen LogP contribution is -2.54. The quantitative estimate of drug-likeness (QED) is 0.593. The highest BCUT2D eigenvalue weighted by Crippen LogP contribution is 2.19. The van der Waals surface area contributed by atoms with E-state index in [2.05, 4.69) is 11.9 Å². The van der Waals surface area contributed by atoms with Crippen molar-refractivity contribution in [1.82, 2.24) is 5.32 Å². The minimum Gasteiger partial charge on any atom is -0.468 e. The van der Waals surface area contributed by atoms with E-state index in [0.29, 0.717) is 19.4 Å². The Labute approximate surface area is 109 Å². The predicted octanol–water partition coefficient (Wildman–Crippen LogP) is 2.33. The average Bonchev–Trinajstić information content (AvgIpc) is 2.43. The number of esters is 1. The highest BCUT2D eigenvalue weighted by Gasteiger charge is 2.37. The van der Waals surface area contributed by atoms with Gasteiger partial charge in [0.1, 0.15) is 5.54 Å². The second kappa shape index (κ2) is 6.97. The van der Waals surface area contributed by atoms with Crippen LogP contribution in [0.2, 0.25) is 0 Å². The number of ether oxygens (including phenoxy) is 1. The molecular formula is C15H21NO2. The molecule has 0 bridgehead atoms. The first-order valence-electron chi connectivity index (χ1n) is 6.16. The molecule has 0 saturated carbocycles. The topological polar surface area (TPSA) is 38.3 Å². The van der Waals surface area contributed by atoms with E-state index in [-0.39, 0.29) is 5.97 Å². The maximum absolute atomic E-state index is 12.1. The summed E-state index contributed by atoms with van der Waals surface area (Å²) in [5, 5.41) is 3.24. The zero-order chi connectivity index (χ0) is 13.4. The van der Waals surface area contributed by atoms with Gasteiger partial charge in [-0.25, -0.2) is 0 Å². The summed E-state index contributed by atoms with van der Waals surface area (Å²) in [6, 6.07) is 9.94. The summed E-state index contributed by atoms with van der Waals surface area (Å²) in [5.41, 5.74) is 0.436. The molecule has 1 rings (SSSR count). The lowest BCUT2D eigenvalue weighted by Gasteiger charge is -2.31. The van der Waals surface area contributed by atoms with Crippen molar-refractivity contribution in [2.75, 3.05) is 13.7 Å². The Bertz CT molecular complexity index is 389. The van der Waals surface area contributed by atoms with Crippen LogP contribution in [0.15, 0.2) is 43.0 Å². The van der Waals surface area contributed by atoms with E-state index in [0.717, 1.165) is 5.56 Å². The number of methoxy groups -OCH3 is 1. The van der Waals surface area contributed by atoms with E-state index in [1.54, 1.807) is 6.08 Å². The minimum absolute atomic E-state index is 0.226. The largest absolute Gasteiger partial charge is 0.468 e. The highest BCUT2D eigenvalue weighted by molar-refractivity contribution is 5.81. The molecule has 3 nitrogen and oxygen atoms in total. The summed E-state index contributed by atoms with van der Waals surface area (Å²) < 4.78 is 4.94. The van der Waals surface area contributed by atoms with Crippen LogP contribution in [0.5, 0.6) is 0 Å². The molecule has 0 aliphatic rings. The minimum atomic E-state index is -0.676. The molecule has 0 heterocycles. The maximum atomic E-state index is 12.1. The Morgan fingerprint density at radius 3 is 2.61 bits per heavy atom. The van der Waals surface area contributed by atoms with Gasteiger partial charge in [-0.15, -0.1) is 6.58 Å². The lowest BCUT2D eigenvalue weighted by atomic mass is 9.88. The van der Waals surface area contributed by atoms with Gasteiger partial charge in [0.25, 0.3) is 0 Å². The van der Waals surface area contributed by atoms with Gasteiger partial charge < -0.3 is 4.74 Å². The van der Waals surface area contributed by atoms with E-state index < -0.39 is 5.54 Å². The zero-order valence-electron chi connectivity index (χ0n) is 11.1. The van der Waals surface area contributed by atoms with Crippen molar-refractivity contribution in [1.29, 1.82) is 0 Å². The molecule has 3 heteroatoms.